The summed E-state index contributed by atoms with van der Waals surface area (Å²) in [5, 5.41) is 23.0. The smallest absolute Gasteiger partial charge is 0.416 e. The van der Waals surface area contributed by atoms with Crippen LogP contribution in [0.25, 0.3) is 0 Å². The van der Waals surface area contributed by atoms with E-state index in [2.05, 4.69) is 10.3 Å². The molecule has 1 fully saturated rings. The second-order valence-corrected chi connectivity index (χ2v) is 9.49. The summed E-state index contributed by atoms with van der Waals surface area (Å²) in [4.78, 5) is 16.5. The number of aliphatic imine (C=N–C) groups is 1. The van der Waals surface area contributed by atoms with Crippen molar-refractivity contribution in [2.75, 3.05) is 0 Å². The first-order valence-corrected chi connectivity index (χ1v) is 11.7. The van der Waals surface area contributed by atoms with Crippen LogP contribution in [0, 0.1) is 0 Å². The molecule has 204 valence electrons. The minimum Gasteiger partial charge on any atom is -0.492 e. The molecule has 2 aromatic carbocycles. The number of halogens is 6. The molecule has 0 saturated heterocycles. The fraction of sp³-hybridized carbons (Fsp3) is 0.385. The molecule has 0 amide bonds. The SMILES string of the molecule is O=C(O)C1(CC2(c3cc(C(F)(F)F)cc(C(F)(F)F)c3)CCCC2)N=CC(OCc2ccccc2)=C(O)N1. The second-order valence-electron chi connectivity index (χ2n) is 9.49. The lowest BCUT2D eigenvalue weighted by Crippen LogP contribution is -2.55. The fourth-order valence-corrected chi connectivity index (χ4v) is 5.00. The van der Waals surface area contributed by atoms with Gasteiger partial charge in [0.2, 0.25) is 11.5 Å². The van der Waals surface area contributed by atoms with Crippen molar-refractivity contribution in [1.82, 2.24) is 5.32 Å². The molecule has 2 aromatic rings. The van der Waals surface area contributed by atoms with E-state index < -0.39 is 52.8 Å². The lowest BCUT2D eigenvalue weighted by atomic mass is 9.71. The molecule has 0 bridgehead atoms. The van der Waals surface area contributed by atoms with Gasteiger partial charge in [0.1, 0.15) is 6.61 Å². The Morgan fingerprint density at radius 1 is 0.974 bits per heavy atom. The fourth-order valence-electron chi connectivity index (χ4n) is 5.00. The van der Waals surface area contributed by atoms with Gasteiger partial charge in [0, 0.05) is 11.8 Å². The summed E-state index contributed by atoms with van der Waals surface area (Å²) in [6, 6.07) is 10.2. The molecule has 12 heteroatoms. The van der Waals surface area contributed by atoms with Crippen molar-refractivity contribution in [2.24, 2.45) is 4.99 Å². The van der Waals surface area contributed by atoms with Crippen molar-refractivity contribution < 1.29 is 46.1 Å². The zero-order chi connectivity index (χ0) is 27.8. The number of carbonyl (C=O) groups is 1. The first-order chi connectivity index (χ1) is 17.7. The number of hydrogen-bond donors (Lipinski definition) is 3. The Labute approximate surface area is 213 Å². The summed E-state index contributed by atoms with van der Waals surface area (Å²) in [6.07, 6.45) is -8.39. The number of aliphatic hydroxyl groups excluding tert-OH is 1. The highest BCUT2D eigenvalue weighted by molar-refractivity contribution is 5.87. The molecule has 0 spiro atoms. The van der Waals surface area contributed by atoms with E-state index in [9.17, 15) is 41.4 Å². The van der Waals surface area contributed by atoms with Gasteiger partial charge >= 0.3 is 18.3 Å². The molecule has 0 aromatic heterocycles. The number of ether oxygens (including phenoxy) is 1. The largest absolute Gasteiger partial charge is 0.492 e. The van der Waals surface area contributed by atoms with Crippen LogP contribution in [-0.2, 0) is 33.9 Å². The Bertz CT molecular complexity index is 1220. The molecular weight excluding hydrogens is 518 g/mol. The van der Waals surface area contributed by atoms with Crippen LogP contribution >= 0.6 is 0 Å². The number of rotatable bonds is 7. The van der Waals surface area contributed by atoms with Gasteiger partial charge in [-0.25, -0.2) is 9.79 Å². The van der Waals surface area contributed by atoms with E-state index in [0.717, 1.165) is 11.8 Å². The number of nitrogens with zero attached hydrogens (tertiary/aromatic N) is 1. The molecule has 1 unspecified atom stereocenters. The lowest BCUT2D eigenvalue weighted by Gasteiger charge is -2.39. The summed E-state index contributed by atoms with van der Waals surface area (Å²) < 4.78 is 86.8. The van der Waals surface area contributed by atoms with E-state index >= 15 is 0 Å². The maximum absolute atomic E-state index is 13.5. The van der Waals surface area contributed by atoms with Crippen molar-refractivity contribution in [1.29, 1.82) is 0 Å². The lowest BCUT2D eigenvalue weighted by molar-refractivity contribution is -0.146. The van der Waals surface area contributed by atoms with E-state index in [1.54, 1.807) is 30.3 Å². The number of benzene rings is 2. The van der Waals surface area contributed by atoms with Gasteiger partial charge in [-0.2, -0.15) is 26.3 Å². The summed E-state index contributed by atoms with van der Waals surface area (Å²) in [7, 11) is 0. The van der Waals surface area contributed by atoms with Crippen molar-refractivity contribution in [2.45, 2.75) is 62.1 Å². The van der Waals surface area contributed by atoms with Crippen LogP contribution < -0.4 is 5.32 Å². The van der Waals surface area contributed by atoms with Gasteiger partial charge in [-0.15, -0.1) is 0 Å². The van der Waals surface area contributed by atoms with Crippen LogP contribution in [0.4, 0.5) is 26.3 Å². The van der Waals surface area contributed by atoms with E-state index in [1.165, 1.54) is 0 Å². The highest BCUT2D eigenvalue weighted by Gasteiger charge is 2.51. The normalized spacial score (nSPS) is 21.3. The average molecular weight is 542 g/mol. The standard InChI is InChI=1S/C26H24F6N2O4/c27-25(28,29)18-10-17(11-19(12-18)26(30,31)32)23(8-4-5-9-23)15-24(22(36)37)33-13-20(21(35)34-24)38-14-16-6-2-1-3-7-16/h1-3,6-7,10-13,34-35H,4-5,8-9,14-15H2,(H,36,37). The predicted molar refractivity (Wildman–Crippen MR) is 124 cm³/mol. The zero-order valence-electron chi connectivity index (χ0n) is 19.9. The van der Waals surface area contributed by atoms with Gasteiger partial charge < -0.3 is 20.3 Å². The van der Waals surface area contributed by atoms with Gasteiger partial charge in [-0.3, -0.25) is 0 Å². The van der Waals surface area contributed by atoms with Gasteiger partial charge in [0.15, 0.2) is 5.76 Å². The third-order valence-corrected chi connectivity index (χ3v) is 6.91. The number of aliphatic carboxylic acids is 1. The summed E-state index contributed by atoms with van der Waals surface area (Å²) in [6.45, 7) is 0.0302. The van der Waals surface area contributed by atoms with Crippen LogP contribution in [0.5, 0.6) is 0 Å². The molecule has 1 saturated carbocycles. The van der Waals surface area contributed by atoms with Crippen molar-refractivity contribution in [3.63, 3.8) is 0 Å². The molecule has 1 aliphatic carbocycles. The number of nitrogens with one attached hydrogen (secondary N) is 1. The van der Waals surface area contributed by atoms with Crippen LogP contribution in [0.2, 0.25) is 0 Å². The first kappa shape index (κ1) is 27.3. The number of carboxylic acids is 1. The maximum Gasteiger partial charge on any atom is 0.416 e. The maximum atomic E-state index is 13.5. The first-order valence-electron chi connectivity index (χ1n) is 11.7. The van der Waals surface area contributed by atoms with Crippen molar-refractivity contribution >= 4 is 12.2 Å². The molecule has 1 heterocycles. The topological polar surface area (TPSA) is 91.2 Å². The van der Waals surface area contributed by atoms with Crippen molar-refractivity contribution in [3.8, 4) is 0 Å². The third kappa shape index (κ3) is 5.58. The molecule has 3 N–H and O–H groups in total. The van der Waals surface area contributed by atoms with E-state index in [4.69, 9.17) is 4.74 Å². The molecule has 2 aliphatic rings. The van der Waals surface area contributed by atoms with Crippen LogP contribution in [0.15, 0.2) is 65.2 Å². The van der Waals surface area contributed by atoms with Gasteiger partial charge in [0.25, 0.3) is 0 Å². The van der Waals surface area contributed by atoms with Crippen molar-refractivity contribution in [3.05, 3.63) is 82.4 Å². The Morgan fingerprint density at radius 2 is 1.55 bits per heavy atom. The van der Waals surface area contributed by atoms with E-state index in [0.29, 0.717) is 25.0 Å². The molecule has 6 nitrogen and oxygen atoms in total. The Morgan fingerprint density at radius 3 is 2.05 bits per heavy atom. The van der Waals surface area contributed by atoms with Gasteiger partial charge in [0.05, 0.1) is 17.3 Å². The number of hydrogen-bond acceptors (Lipinski definition) is 5. The highest BCUT2D eigenvalue weighted by Crippen LogP contribution is 2.49. The molecule has 4 rings (SSSR count). The van der Waals surface area contributed by atoms with Gasteiger partial charge in [-0.1, -0.05) is 43.2 Å². The minimum atomic E-state index is -5.05. The summed E-state index contributed by atoms with van der Waals surface area (Å²) in [5.74, 6) is -2.38. The zero-order valence-corrected chi connectivity index (χ0v) is 19.9. The quantitative estimate of drug-likeness (QED) is 0.356. The van der Waals surface area contributed by atoms with Crippen LogP contribution in [0.3, 0.4) is 0 Å². The highest BCUT2D eigenvalue weighted by atomic mass is 19.4. The van der Waals surface area contributed by atoms with Crippen LogP contribution in [0.1, 0.15) is 54.4 Å². The van der Waals surface area contributed by atoms with Gasteiger partial charge in [-0.05, 0) is 42.2 Å². The number of aliphatic hydroxyl groups is 1. The predicted octanol–water partition coefficient (Wildman–Crippen LogP) is 6.32. The molecular formula is C26H24F6N2O4. The average Bonchev–Trinajstić information content (AvgIpc) is 3.32. The second kappa shape index (κ2) is 9.88. The Kier molecular flexibility index (Phi) is 7.11. The molecule has 1 aliphatic heterocycles. The summed E-state index contributed by atoms with van der Waals surface area (Å²) >= 11 is 0. The minimum absolute atomic E-state index is 0.0302. The molecule has 0 radical (unpaired) electrons. The number of carboxylic acid groups (broad SMARTS) is 1. The van der Waals surface area contributed by atoms with Crippen LogP contribution in [-0.4, -0.2) is 28.1 Å². The number of alkyl halides is 6. The molecule has 38 heavy (non-hydrogen) atoms. The Hall–Kier alpha value is -3.70. The monoisotopic (exact) mass is 542 g/mol. The summed E-state index contributed by atoms with van der Waals surface area (Å²) in [5.41, 5.74) is -6.10. The van der Waals surface area contributed by atoms with E-state index in [1.807, 2.05) is 0 Å². The number of allylic oxidation sites excluding steroid dienone is 1. The molecule has 1 atom stereocenters. The Balaban J connectivity index is 1.69. The third-order valence-electron chi connectivity index (χ3n) is 6.91. The van der Waals surface area contributed by atoms with E-state index in [-0.39, 0.29) is 36.8 Å².